The summed E-state index contributed by atoms with van der Waals surface area (Å²) in [5, 5.41) is 4.13. The summed E-state index contributed by atoms with van der Waals surface area (Å²) in [4.78, 5) is 2.25. The van der Waals surface area contributed by atoms with Gasteiger partial charge >= 0.3 is 0 Å². The predicted molar refractivity (Wildman–Crippen MR) is 99.1 cm³/mol. The van der Waals surface area contributed by atoms with Crippen molar-refractivity contribution in [1.29, 1.82) is 0 Å². The first-order valence-corrected chi connectivity index (χ1v) is 8.50. The van der Waals surface area contributed by atoms with Gasteiger partial charge in [0.25, 0.3) is 0 Å². The monoisotopic (exact) mass is 326 g/mol. The topological polar surface area (TPSA) is 24.5 Å². The minimum absolute atomic E-state index is 0.809. The van der Waals surface area contributed by atoms with Gasteiger partial charge in [-0.15, -0.1) is 0 Å². The van der Waals surface area contributed by atoms with E-state index in [1.807, 2.05) is 54.6 Å². The highest BCUT2D eigenvalue weighted by molar-refractivity contribution is 7.80. The fraction of sp³-hybridized carbons (Fsp3) is 0.316. The first-order chi connectivity index (χ1) is 11.2. The number of nitrogens with zero attached hydrogens (tertiary/aromatic N) is 1. The lowest BCUT2D eigenvalue weighted by Crippen LogP contribution is -2.40. The summed E-state index contributed by atoms with van der Waals surface area (Å²) >= 11 is 5.52. The number of anilines is 1. The zero-order valence-electron chi connectivity index (χ0n) is 13.4. The molecule has 0 amide bonds. The van der Waals surface area contributed by atoms with Crippen molar-refractivity contribution in [2.24, 2.45) is 5.92 Å². The van der Waals surface area contributed by atoms with Crippen molar-refractivity contribution in [3.63, 3.8) is 0 Å². The predicted octanol–water partition coefficient (Wildman–Crippen LogP) is 4.91. The van der Waals surface area contributed by atoms with E-state index in [2.05, 4.69) is 17.1 Å². The van der Waals surface area contributed by atoms with Crippen molar-refractivity contribution in [2.75, 3.05) is 18.4 Å². The number of piperidine rings is 1. The summed E-state index contributed by atoms with van der Waals surface area (Å²) < 4.78 is 5.80. The van der Waals surface area contributed by atoms with Gasteiger partial charge in [-0.2, -0.15) is 0 Å². The molecule has 0 bridgehead atoms. The van der Waals surface area contributed by atoms with Crippen LogP contribution in [0.2, 0.25) is 0 Å². The molecule has 0 saturated carbocycles. The molecule has 4 heteroatoms. The Balaban J connectivity index is 1.56. The van der Waals surface area contributed by atoms with Crippen LogP contribution in [0, 0.1) is 5.92 Å². The van der Waals surface area contributed by atoms with Gasteiger partial charge in [0.2, 0.25) is 0 Å². The molecule has 3 nitrogen and oxygen atoms in total. The summed E-state index contributed by atoms with van der Waals surface area (Å²) in [6.07, 6.45) is 2.43. The second-order valence-corrected chi connectivity index (χ2v) is 6.43. The summed E-state index contributed by atoms with van der Waals surface area (Å²) in [5.74, 6) is 2.47. The number of thiocarbonyl (C=S) groups is 1. The Hall–Kier alpha value is -2.07. The second-order valence-electron chi connectivity index (χ2n) is 6.04. The number of hydrogen-bond acceptors (Lipinski definition) is 2. The Kier molecular flexibility index (Phi) is 5.13. The molecule has 1 saturated heterocycles. The van der Waals surface area contributed by atoms with E-state index < -0.39 is 0 Å². The van der Waals surface area contributed by atoms with E-state index in [-0.39, 0.29) is 0 Å². The van der Waals surface area contributed by atoms with Gasteiger partial charge in [-0.1, -0.05) is 25.1 Å². The number of para-hydroxylation sites is 1. The normalized spacial score (nSPS) is 15.3. The molecule has 1 heterocycles. The maximum absolute atomic E-state index is 5.80. The molecule has 1 fully saturated rings. The first-order valence-electron chi connectivity index (χ1n) is 8.09. The number of hydrogen-bond donors (Lipinski definition) is 1. The molecule has 0 atom stereocenters. The summed E-state index contributed by atoms with van der Waals surface area (Å²) in [5.41, 5.74) is 0.994. The van der Waals surface area contributed by atoms with E-state index >= 15 is 0 Å². The second kappa shape index (κ2) is 7.47. The molecule has 3 rings (SSSR count). The van der Waals surface area contributed by atoms with Gasteiger partial charge in [0.15, 0.2) is 5.11 Å². The molecule has 0 spiro atoms. The van der Waals surface area contributed by atoms with Gasteiger partial charge in [-0.25, -0.2) is 0 Å². The Morgan fingerprint density at radius 3 is 2.26 bits per heavy atom. The Morgan fingerprint density at radius 1 is 1.00 bits per heavy atom. The minimum Gasteiger partial charge on any atom is -0.457 e. The van der Waals surface area contributed by atoms with Gasteiger partial charge in [-0.05, 0) is 67.4 Å². The van der Waals surface area contributed by atoms with Crippen molar-refractivity contribution in [2.45, 2.75) is 19.8 Å². The third kappa shape index (κ3) is 4.45. The molecule has 1 aliphatic heterocycles. The highest BCUT2D eigenvalue weighted by atomic mass is 32.1. The molecule has 2 aromatic carbocycles. The van der Waals surface area contributed by atoms with E-state index in [4.69, 9.17) is 17.0 Å². The quantitative estimate of drug-likeness (QED) is 0.810. The fourth-order valence-electron chi connectivity index (χ4n) is 2.65. The van der Waals surface area contributed by atoms with Crippen LogP contribution in [0.4, 0.5) is 5.69 Å². The van der Waals surface area contributed by atoms with Crippen LogP contribution in [0.25, 0.3) is 0 Å². The Labute approximate surface area is 143 Å². The molecule has 1 N–H and O–H groups in total. The van der Waals surface area contributed by atoms with Crippen molar-refractivity contribution < 1.29 is 4.74 Å². The number of likely N-dealkylation sites (tertiary alicyclic amines) is 1. The van der Waals surface area contributed by atoms with Gasteiger partial charge in [0, 0.05) is 18.8 Å². The van der Waals surface area contributed by atoms with Gasteiger partial charge in [0.1, 0.15) is 11.5 Å². The minimum atomic E-state index is 0.809. The molecule has 0 aliphatic carbocycles. The molecular weight excluding hydrogens is 304 g/mol. The Morgan fingerprint density at radius 2 is 1.61 bits per heavy atom. The number of ether oxygens (including phenoxy) is 1. The number of rotatable bonds is 3. The van der Waals surface area contributed by atoms with Crippen molar-refractivity contribution in [3.8, 4) is 11.5 Å². The zero-order chi connectivity index (χ0) is 16.1. The molecular formula is C19H22N2OS. The smallest absolute Gasteiger partial charge is 0.173 e. The summed E-state index contributed by atoms with van der Waals surface area (Å²) in [6, 6.07) is 17.7. The van der Waals surface area contributed by atoms with E-state index in [1.165, 1.54) is 12.8 Å². The van der Waals surface area contributed by atoms with Crippen molar-refractivity contribution >= 4 is 23.0 Å². The SMILES string of the molecule is CC1CCN(C(=S)Nc2ccc(Oc3ccccc3)cc2)CC1. The lowest BCUT2D eigenvalue weighted by Gasteiger charge is -2.32. The maximum Gasteiger partial charge on any atom is 0.173 e. The van der Waals surface area contributed by atoms with E-state index in [9.17, 15) is 0 Å². The fourth-order valence-corrected chi connectivity index (χ4v) is 2.95. The van der Waals surface area contributed by atoms with Crippen LogP contribution in [0.5, 0.6) is 11.5 Å². The van der Waals surface area contributed by atoms with Crippen molar-refractivity contribution in [3.05, 3.63) is 54.6 Å². The highest BCUT2D eigenvalue weighted by Crippen LogP contribution is 2.23. The van der Waals surface area contributed by atoms with Gasteiger partial charge < -0.3 is 15.0 Å². The van der Waals surface area contributed by atoms with Gasteiger partial charge in [0.05, 0.1) is 0 Å². The van der Waals surface area contributed by atoms with Crippen LogP contribution in [0.15, 0.2) is 54.6 Å². The number of nitrogens with one attached hydrogen (secondary N) is 1. The third-order valence-electron chi connectivity index (χ3n) is 4.16. The molecule has 0 aromatic heterocycles. The molecule has 120 valence electrons. The van der Waals surface area contributed by atoms with E-state index in [0.717, 1.165) is 41.3 Å². The Bertz CT molecular complexity index is 634. The molecule has 1 aliphatic rings. The first kappa shape index (κ1) is 15.8. The average Bonchev–Trinajstić information content (AvgIpc) is 2.58. The third-order valence-corrected chi connectivity index (χ3v) is 4.52. The summed E-state index contributed by atoms with van der Waals surface area (Å²) in [7, 11) is 0. The van der Waals surface area contributed by atoms with Crippen LogP contribution < -0.4 is 10.1 Å². The van der Waals surface area contributed by atoms with Gasteiger partial charge in [-0.3, -0.25) is 0 Å². The lowest BCUT2D eigenvalue weighted by atomic mass is 10.00. The molecule has 2 aromatic rings. The average molecular weight is 326 g/mol. The highest BCUT2D eigenvalue weighted by Gasteiger charge is 2.17. The summed E-state index contributed by atoms with van der Waals surface area (Å²) in [6.45, 7) is 4.39. The van der Waals surface area contributed by atoms with Crippen LogP contribution in [-0.2, 0) is 0 Å². The largest absolute Gasteiger partial charge is 0.457 e. The number of benzene rings is 2. The van der Waals surface area contributed by atoms with Crippen LogP contribution in [-0.4, -0.2) is 23.1 Å². The van der Waals surface area contributed by atoms with E-state index in [0.29, 0.717) is 0 Å². The molecule has 23 heavy (non-hydrogen) atoms. The zero-order valence-corrected chi connectivity index (χ0v) is 14.2. The van der Waals surface area contributed by atoms with E-state index in [1.54, 1.807) is 0 Å². The van der Waals surface area contributed by atoms with Crippen LogP contribution in [0.3, 0.4) is 0 Å². The molecule has 0 radical (unpaired) electrons. The van der Waals surface area contributed by atoms with Crippen molar-refractivity contribution in [1.82, 2.24) is 4.90 Å². The lowest BCUT2D eigenvalue weighted by molar-refractivity contribution is 0.283. The van der Waals surface area contributed by atoms with Crippen LogP contribution >= 0.6 is 12.2 Å². The molecule has 0 unspecified atom stereocenters. The van der Waals surface area contributed by atoms with Crippen LogP contribution in [0.1, 0.15) is 19.8 Å². The maximum atomic E-state index is 5.80. The standard InChI is InChI=1S/C19H22N2OS/c1-15-11-13-21(14-12-15)19(23)20-16-7-9-18(10-8-16)22-17-5-3-2-4-6-17/h2-10,15H,11-14H2,1H3,(H,20,23).